The van der Waals surface area contributed by atoms with Gasteiger partial charge in [0.2, 0.25) is 4.80 Å². The van der Waals surface area contributed by atoms with Gasteiger partial charge in [-0.05, 0) is 24.3 Å². The lowest BCUT2D eigenvalue weighted by Crippen LogP contribution is -2.11. The predicted octanol–water partition coefficient (Wildman–Crippen LogP) is 3.72. The van der Waals surface area contributed by atoms with E-state index in [0.29, 0.717) is 0 Å². The molecule has 6 heteroatoms. The molecule has 21 heavy (non-hydrogen) atoms. The zero-order chi connectivity index (χ0) is 14.7. The molecule has 0 saturated carbocycles. The number of aromatic nitrogens is 2. The van der Waals surface area contributed by atoms with Gasteiger partial charge in [0.15, 0.2) is 0 Å². The van der Waals surface area contributed by atoms with Crippen LogP contribution in [0.25, 0.3) is 11.3 Å². The van der Waals surface area contributed by atoms with E-state index in [-0.39, 0.29) is 0 Å². The van der Waals surface area contributed by atoms with Crippen LogP contribution in [0.4, 0.5) is 0 Å². The summed E-state index contributed by atoms with van der Waals surface area (Å²) in [4.78, 5) is 8.25. The number of rotatable bonds is 3. The van der Waals surface area contributed by atoms with Crippen molar-refractivity contribution in [2.24, 2.45) is 10.1 Å². The molecule has 0 saturated heterocycles. The van der Waals surface area contributed by atoms with Crippen LogP contribution in [0.5, 0.6) is 0 Å². The van der Waals surface area contributed by atoms with Crippen LogP contribution in [0.15, 0.2) is 62.5 Å². The van der Waals surface area contributed by atoms with Gasteiger partial charge < -0.3 is 4.98 Å². The Morgan fingerprint density at radius 2 is 2.05 bits per heavy atom. The Kier molecular flexibility index (Phi) is 4.17. The first-order valence-electron chi connectivity index (χ1n) is 6.35. The molecule has 2 heterocycles. The number of nitrogens with one attached hydrogen (secondary N) is 1. The summed E-state index contributed by atoms with van der Waals surface area (Å²) in [6.07, 6.45) is 3.67. The molecule has 0 aliphatic rings. The first-order valence-corrected chi connectivity index (χ1v) is 8.02. The maximum Gasteiger partial charge on any atom is 0.205 e. The van der Waals surface area contributed by atoms with Crippen LogP contribution in [-0.4, -0.2) is 22.9 Å². The van der Waals surface area contributed by atoms with E-state index in [1.807, 2.05) is 35.1 Å². The zero-order valence-corrected chi connectivity index (χ0v) is 13.7. The summed E-state index contributed by atoms with van der Waals surface area (Å²) in [6, 6.07) is 12.1. The predicted molar refractivity (Wildman–Crippen MR) is 90.7 cm³/mol. The van der Waals surface area contributed by atoms with Crippen molar-refractivity contribution in [2.75, 3.05) is 7.05 Å². The summed E-state index contributed by atoms with van der Waals surface area (Å²) in [5.74, 6) is 0. The van der Waals surface area contributed by atoms with E-state index >= 15 is 0 Å². The number of nitrogens with zero attached hydrogens (tertiary/aromatic N) is 3. The molecule has 0 unspecified atom stereocenters. The molecule has 0 amide bonds. The van der Waals surface area contributed by atoms with Gasteiger partial charge in [-0.15, -0.1) is 11.3 Å². The zero-order valence-electron chi connectivity index (χ0n) is 11.3. The first kappa shape index (κ1) is 14.0. The van der Waals surface area contributed by atoms with Crippen molar-refractivity contribution in [1.29, 1.82) is 0 Å². The smallest absolute Gasteiger partial charge is 0.205 e. The van der Waals surface area contributed by atoms with Gasteiger partial charge in [0.05, 0.1) is 17.6 Å². The second-order valence-electron chi connectivity index (χ2n) is 4.32. The highest BCUT2D eigenvalue weighted by atomic mass is 79.9. The highest BCUT2D eigenvalue weighted by molar-refractivity contribution is 9.10. The quantitative estimate of drug-likeness (QED) is 0.692. The number of hydrogen-bond acceptors (Lipinski definition) is 3. The number of thiazole rings is 1. The number of aromatic amines is 1. The molecular formula is C15H13BrN4S. The topological polar surface area (TPSA) is 45.4 Å². The van der Waals surface area contributed by atoms with Crippen LogP contribution in [-0.2, 0) is 0 Å². The fourth-order valence-corrected chi connectivity index (χ4v) is 2.99. The summed E-state index contributed by atoms with van der Waals surface area (Å²) >= 11 is 5.03. The lowest BCUT2D eigenvalue weighted by Gasteiger charge is -2.03. The van der Waals surface area contributed by atoms with E-state index in [9.17, 15) is 0 Å². The monoisotopic (exact) mass is 360 g/mol. The molecule has 0 aliphatic heterocycles. The third kappa shape index (κ3) is 3.06. The maximum atomic E-state index is 4.54. The molecule has 1 N–H and O–H groups in total. The Balaban J connectivity index is 2.06. The van der Waals surface area contributed by atoms with Gasteiger partial charge >= 0.3 is 0 Å². The Labute approximate surface area is 134 Å². The molecule has 3 rings (SSSR count). The first-order chi connectivity index (χ1) is 10.3. The summed E-state index contributed by atoms with van der Waals surface area (Å²) in [5, 5.41) is 6.61. The van der Waals surface area contributed by atoms with Crippen molar-refractivity contribution >= 4 is 33.5 Å². The third-order valence-electron chi connectivity index (χ3n) is 2.95. The highest BCUT2D eigenvalue weighted by Gasteiger charge is 2.06. The molecule has 0 fully saturated rings. The number of halogens is 1. The molecule has 0 atom stereocenters. The SMILES string of the molecule is CN=c1scc(-c2ccc(Br)cc2)n1N=Cc1ccc[nH]1. The molecule has 1 aromatic carbocycles. The molecular weight excluding hydrogens is 348 g/mol. The van der Waals surface area contributed by atoms with Crippen LogP contribution in [0.1, 0.15) is 5.69 Å². The molecule has 2 aromatic heterocycles. The van der Waals surface area contributed by atoms with Crippen molar-refractivity contribution in [3.8, 4) is 11.3 Å². The lowest BCUT2D eigenvalue weighted by molar-refractivity contribution is 0.848. The van der Waals surface area contributed by atoms with Gasteiger partial charge in [0, 0.05) is 28.7 Å². The van der Waals surface area contributed by atoms with E-state index in [2.05, 4.69) is 48.5 Å². The minimum atomic E-state index is 0.857. The van der Waals surface area contributed by atoms with Gasteiger partial charge in [0.25, 0.3) is 0 Å². The maximum absolute atomic E-state index is 4.54. The van der Waals surface area contributed by atoms with E-state index in [1.54, 1.807) is 24.6 Å². The van der Waals surface area contributed by atoms with Crippen molar-refractivity contribution < 1.29 is 0 Å². The summed E-state index contributed by atoms with van der Waals surface area (Å²) in [7, 11) is 1.78. The molecule has 3 aromatic rings. The Morgan fingerprint density at radius 1 is 1.24 bits per heavy atom. The van der Waals surface area contributed by atoms with Crippen molar-refractivity contribution in [1.82, 2.24) is 9.66 Å². The van der Waals surface area contributed by atoms with Crippen LogP contribution in [0.2, 0.25) is 0 Å². The van der Waals surface area contributed by atoms with Gasteiger partial charge in [-0.25, -0.2) is 4.68 Å². The van der Waals surface area contributed by atoms with Crippen LogP contribution in [0, 0.1) is 0 Å². The average Bonchev–Trinajstić information content (AvgIpc) is 3.15. The summed E-state index contributed by atoms with van der Waals surface area (Å²) in [5.41, 5.74) is 3.08. The lowest BCUT2D eigenvalue weighted by atomic mass is 10.2. The van der Waals surface area contributed by atoms with Crippen molar-refractivity contribution in [3.05, 3.63) is 62.9 Å². The molecule has 0 bridgehead atoms. The van der Waals surface area contributed by atoms with E-state index in [4.69, 9.17) is 0 Å². The van der Waals surface area contributed by atoms with Crippen LogP contribution < -0.4 is 4.80 Å². The normalized spacial score (nSPS) is 12.4. The third-order valence-corrected chi connectivity index (χ3v) is 4.39. The van der Waals surface area contributed by atoms with E-state index < -0.39 is 0 Å². The largest absolute Gasteiger partial charge is 0.360 e. The van der Waals surface area contributed by atoms with E-state index in [0.717, 1.165) is 26.2 Å². The van der Waals surface area contributed by atoms with Gasteiger partial charge in [-0.1, -0.05) is 28.1 Å². The second-order valence-corrected chi connectivity index (χ2v) is 6.07. The van der Waals surface area contributed by atoms with Crippen LogP contribution in [0.3, 0.4) is 0 Å². The standard InChI is InChI=1S/C15H13BrN4S/c1-17-15-20(19-9-13-3-2-8-18-13)14(10-21-15)11-4-6-12(16)7-5-11/h2-10,18H,1H3. The molecule has 4 nitrogen and oxygen atoms in total. The fourth-order valence-electron chi connectivity index (χ4n) is 1.93. The van der Waals surface area contributed by atoms with Crippen molar-refractivity contribution in [3.63, 3.8) is 0 Å². The second kappa shape index (κ2) is 6.24. The van der Waals surface area contributed by atoms with Gasteiger partial charge in [0.1, 0.15) is 0 Å². The highest BCUT2D eigenvalue weighted by Crippen LogP contribution is 2.22. The number of hydrogen-bond donors (Lipinski definition) is 1. The summed E-state index contributed by atoms with van der Waals surface area (Å²) in [6.45, 7) is 0. The Hall–Kier alpha value is -1.92. The molecule has 0 radical (unpaired) electrons. The van der Waals surface area contributed by atoms with Gasteiger partial charge in [-0.3, -0.25) is 4.99 Å². The minimum absolute atomic E-state index is 0.857. The number of benzene rings is 1. The van der Waals surface area contributed by atoms with Crippen LogP contribution >= 0.6 is 27.3 Å². The average molecular weight is 361 g/mol. The number of H-pyrrole nitrogens is 1. The summed E-state index contributed by atoms with van der Waals surface area (Å²) < 4.78 is 2.91. The van der Waals surface area contributed by atoms with E-state index in [1.165, 1.54) is 0 Å². The Morgan fingerprint density at radius 3 is 2.71 bits per heavy atom. The van der Waals surface area contributed by atoms with Gasteiger partial charge in [-0.2, -0.15) is 5.10 Å². The minimum Gasteiger partial charge on any atom is -0.360 e. The molecule has 106 valence electrons. The fraction of sp³-hybridized carbons (Fsp3) is 0.0667. The van der Waals surface area contributed by atoms with Crippen molar-refractivity contribution in [2.45, 2.75) is 0 Å². The molecule has 0 aliphatic carbocycles. The Bertz CT molecular complexity index is 810. The molecule has 0 spiro atoms.